The molecule has 0 radical (unpaired) electrons. The van der Waals surface area contributed by atoms with Crippen molar-refractivity contribution in [3.8, 4) is 0 Å². The second kappa shape index (κ2) is 8.85. The van der Waals surface area contributed by atoms with Crippen molar-refractivity contribution >= 4 is 0 Å². The molecule has 2 aliphatic rings. The van der Waals surface area contributed by atoms with Crippen molar-refractivity contribution in [3.05, 3.63) is 48.3 Å². The van der Waals surface area contributed by atoms with Gasteiger partial charge < -0.3 is 4.57 Å². The average molecular weight is 369 g/mol. The molecule has 146 valence electrons. The predicted octanol–water partition coefficient (Wildman–Crippen LogP) is 2.77. The summed E-state index contributed by atoms with van der Waals surface area (Å²) in [6.07, 6.45) is 14.1. The van der Waals surface area contributed by atoms with Gasteiger partial charge in [0.15, 0.2) is 0 Å². The van der Waals surface area contributed by atoms with Gasteiger partial charge in [0.2, 0.25) is 0 Å². The molecule has 1 unspecified atom stereocenters. The zero-order chi connectivity index (χ0) is 18.5. The molecular formula is C21H32N6. The van der Waals surface area contributed by atoms with Crippen molar-refractivity contribution < 1.29 is 0 Å². The predicted molar refractivity (Wildman–Crippen MR) is 107 cm³/mol. The molecule has 27 heavy (non-hydrogen) atoms. The minimum absolute atomic E-state index is 0.713. The van der Waals surface area contributed by atoms with E-state index in [2.05, 4.69) is 55.4 Å². The maximum atomic E-state index is 4.94. The van der Waals surface area contributed by atoms with Crippen LogP contribution in [0.15, 0.2) is 36.9 Å². The van der Waals surface area contributed by atoms with Gasteiger partial charge in [0, 0.05) is 58.2 Å². The molecule has 6 nitrogen and oxygen atoms in total. The summed E-state index contributed by atoms with van der Waals surface area (Å²) >= 11 is 0. The van der Waals surface area contributed by atoms with Crippen LogP contribution in [-0.4, -0.2) is 55.3 Å². The van der Waals surface area contributed by atoms with E-state index in [1.165, 1.54) is 37.2 Å². The SMILES string of the molecule is C/C=C/CN1CCCn2nc(CN3CCCC(Cn4ccnc4)C3)cc2C1. The molecule has 0 aliphatic carbocycles. The third-order valence-electron chi connectivity index (χ3n) is 5.76. The number of aromatic nitrogens is 4. The highest BCUT2D eigenvalue weighted by Crippen LogP contribution is 2.21. The quantitative estimate of drug-likeness (QED) is 0.736. The van der Waals surface area contributed by atoms with Crippen LogP contribution in [0.4, 0.5) is 0 Å². The van der Waals surface area contributed by atoms with Crippen molar-refractivity contribution in [3.63, 3.8) is 0 Å². The molecule has 1 atom stereocenters. The number of aryl methyl sites for hydroxylation is 1. The van der Waals surface area contributed by atoms with Crippen LogP contribution < -0.4 is 0 Å². The summed E-state index contributed by atoms with van der Waals surface area (Å²) in [6, 6.07) is 2.34. The molecule has 2 aliphatic heterocycles. The van der Waals surface area contributed by atoms with Crippen molar-refractivity contribution in [2.24, 2.45) is 5.92 Å². The summed E-state index contributed by atoms with van der Waals surface area (Å²) in [4.78, 5) is 9.28. The van der Waals surface area contributed by atoms with Gasteiger partial charge in [0.05, 0.1) is 17.7 Å². The monoisotopic (exact) mass is 368 g/mol. The first-order chi connectivity index (χ1) is 13.3. The highest BCUT2D eigenvalue weighted by molar-refractivity contribution is 5.12. The molecular weight excluding hydrogens is 336 g/mol. The molecule has 4 heterocycles. The minimum atomic E-state index is 0.713. The standard InChI is InChI=1S/C21H32N6/c1-2-3-8-24-10-5-11-27-21(17-24)13-20(23-27)16-25-9-4-6-19(14-25)15-26-12-7-22-18-26/h2-3,7,12-13,18-19H,4-6,8-11,14-17H2,1H3/b3-2+. The lowest BCUT2D eigenvalue weighted by atomic mass is 9.98. The van der Waals surface area contributed by atoms with Crippen molar-refractivity contribution in [2.45, 2.75) is 52.4 Å². The van der Waals surface area contributed by atoms with Crippen LogP contribution in [0, 0.1) is 5.92 Å². The molecule has 1 saturated heterocycles. The normalized spacial score (nSPS) is 22.2. The Kier molecular flexibility index (Phi) is 6.04. The molecule has 0 amide bonds. The molecule has 2 aromatic rings. The van der Waals surface area contributed by atoms with E-state index in [1.54, 1.807) is 0 Å². The first kappa shape index (κ1) is 18.4. The number of nitrogens with zero attached hydrogens (tertiary/aromatic N) is 6. The third-order valence-corrected chi connectivity index (χ3v) is 5.76. The number of fused-ring (bicyclic) bond motifs is 1. The Morgan fingerprint density at radius 3 is 2.96 bits per heavy atom. The van der Waals surface area contributed by atoms with Crippen LogP contribution in [0.5, 0.6) is 0 Å². The number of rotatable bonds is 6. The highest BCUT2D eigenvalue weighted by Gasteiger charge is 2.22. The second-order valence-electron chi connectivity index (χ2n) is 8.01. The molecule has 0 spiro atoms. The van der Waals surface area contributed by atoms with Crippen LogP contribution >= 0.6 is 0 Å². The minimum Gasteiger partial charge on any atom is -0.337 e. The smallest absolute Gasteiger partial charge is 0.0946 e. The lowest BCUT2D eigenvalue weighted by molar-refractivity contribution is 0.154. The van der Waals surface area contributed by atoms with Crippen LogP contribution in [0.3, 0.4) is 0 Å². The zero-order valence-corrected chi connectivity index (χ0v) is 16.5. The van der Waals surface area contributed by atoms with Crippen molar-refractivity contribution in [1.82, 2.24) is 29.1 Å². The summed E-state index contributed by atoms with van der Waals surface area (Å²) in [5.41, 5.74) is 2.61. The van der Waals surface area contributed by atoms with Crippen molar-refractivity contribution in [1.29, 1.82) is 0 Å². The van der Waals surface area contributed by atoms with Gasteiger partial charge in [-0.05, 0) is 44.7 Å². The number of hydrogen-bond donors (Lipinski definition) is 0. The van der Waals surface area contributed by atoms with Crippen LogP contribution in [-0.2, 0) is 26.2 Å². The summed E-state index contributed by atoms with van der Waals surface area (Å²) in [6.45, 7) is 10.8. The Balaban J connectivity index is 1.35. The maximum absolute atomic E-state index is 4.94. The van der Waals surface area contributed by atoms with Gasteiger partial charge in [-0.3, -0.25) is 14.5 Å². The Labute approximate surface area is 162 Å². The first-order valence-electron chi connectivity index (χ1n) is 10.4. The van der Waals surface area contributed by atoms with Gasteiger partial charge in [-0.2, -0.15) is 5.10 Å². The van der Waals surface area contributed by atoms with E-state index in [1.807, 2.05) is 12.5 Å². The largest absolute Gasteiger partial charge is 0.337 e. The van der Waals surface area contributed by atoms with Gasteiger partial charge in [0.1, 0.15) is 0 Å². The number of imidazole rings is 1. The van der Waals surface area contributed by atoms with E-state index in [-0.39, 0.29) is 0 Å². The van der Waals surface area contributed by atoms with Crippen LogP contribution in [0.1, 0.15) is 37.6 Å². The fraction of sp³-hybridized carbons (Fsp3) is 0.619. The number of hydrogen-bond acceptors (Lipinski definition) is 4. The number of allylic oxidation sites excluding steroid dienone is 1. The number of piperidine rings is 1. The van der Waals surface area contributed by atoms with Gasteiger partial charge >= 0.3 is 0 Å². The summed E-state index contributed by atoms with van der Waals surface area (Å²) in [7, 11) is 0. The average Bonchev–Trinajstić information content (AvgIpc) is 3.26. The first-order valence-corrected chi connectivity index (χ1v) is 10.4. The fourth-order valence-electron chi connectivity index (χ4n) is 4.44. The highest BCUT2D eigenvalue weighted by atomic mass is 15.3. The Morgan fingerprint density at radius 2 is 2.11 bits per heavy atom. The Bertz CT molecular complexity index is 732. The van der Waals surface area contributed by atoms with Gasteiger partial charge in [-0.15, -0.1) is 0 Å². The lowest BCUT2D eigenvalue weighted by Crippen LogP contribution is -2.36. The van der Waals surface area contributed by atoms with Crippen LogP contribution in [0.2, 0.25) is 0 Å². The van der Waals surface area contributed by atoms with E-state index in [0.717, 1.165) is 45.8 Å². The van der Waals surface area contributed by atoms with Crippen molar-refractivity contribution in [2.75, 3.05) is 26.2 Å². The maximum Gasteiger partial charge on any atom is 0.0946 e. The lowest BCUT2D eigenvalue weighted by Gasteiger charge is -2.32. The molecule has 0 bridgehead atoms. The topological polar surface area (TPSA) is 42.1 Å². The third kappa shape index (κ3) is 4.87. The fourth-order valence-corrected chi connectivity index (χ4v) is 4.44. The molecule has 6 heteroatoms. The summed E-state index contributed by atoms with van der Waals surface area (Å²) < 4.78 is 4.46. The molecule has 0 aromatic carbocycles. The van der Waals surface area contributed by atoms with E-state index in [9.17, 15) is 0 Å². The Morgan fingerprint density at radius 1 is 1.19 bits per heavy atom. The van der Waals surface area contributed by atoms with Gasteiger partial charge in [-0.1, -0.05) is 12.2 Å². The number of likely N-dealkylation sites (tertiary alicyclic amines) is 1. The van der Waals surface area contributed by atoms with Gasteiger partial charge in [-0.25, -0.2) is 4.98 Å². The molecule has 4 rings (SSSR count). The van der Waals surface area contributed by atoms with E-state index in [4.69, 9.17) is 5.10 Å². The van der Waals surface area contributed by atoms with E-state index in [0.29, 0.717) is 5.92 Å². The molecule has 0 N–H and O–H groups in total. The van der Waals surface area contributed by atoms with E-state index < -0.39 is 0 Å². The summed E-state index contributed by atoms with van der Waals surface area (Å²) in [5, 5.41) is 4.94. The van der Waals surface area contributed by atoms with Gasteiger partial charge in [0.25, 0.3) is 0 Å². The second-order valence-corrected chi connectivity index (χ2v) is 8.01. The molecule has 1 fully saturated rings. The Hall–Kier alpha value is -1.92. The van der Waals surface area contributed by atoms with Crippen LogP contribution in [0.25, 0.3) is 0 Å². The molecule has 2 aromatic heterocycles. The summed E-state index contributed by atoms with van der Waals surface area (Å²) in [5.74, 6) is 0.713. The zero-order valence-electron chi connectivity index (χ0n) is 16.5. The van der Waals surface area contributed by atoms with E-state index >= 15 is 0 Å². The molecule has 0 saturated carbocycles.